The molecule has 0 radical (unpaired) electrons. The van der Waals surface area contributed by atoms with Gasteiger partial charge in [-0.05, 0) is 31.5 Å². The molecule has 0 aliphatic carbocycles. The number of rotatable bonds is 5. The van der Waals surface area contributed by atoms with Crippen molar-refractivity contribution in [1.29, 1.82) is 0 Å². The van der Waals surface area contributed by atoms with Gasteiger partial charge in [0.15, 0.2) is 0 Å². The Morgan fingerprint density at radius 2 is 2.18 bits per heavy atom. The summed E-state index contributed by atoms with van der Waals surface area (Å²) in [5.74, 6) is 0.868. The van der Waals surface area contributed by atoms with Crippen LogP contribution in [-0.2, 0) is 6.42 Å². The van der Waals surface area contributed by atoms with E-state index in [1.807, 2.05) is 30.5 Å². The molecule has 0 amide bonds. The van der Waals surface area contributed by atoms with Gasteiger partial charge in [0, 0.05) is 11.1 Å². The SMILES string of the molecule is COc1ccccc1-c1ncc(CCCN)s1. The molecule has 2 rings (SSSR count). The molecule has 0 spiro atoms. The number of hydrogen-bond donors (Lipinski definition) is 1. The maximum atomic E-state index is 5.50. The second-order valence-electron chi connectivity index (χ2n) is 3.72. The van der Waals surface area contributed by atoms with Gasteiger partial charge in [-0.2, -0.15) is 0 Å². The summed E-state index contributed by atoms with van der Waals surface area (Å²) in [6.07, 6.45) is 3.94. The summed E-state index contributed by atoms with van der Waals surface area (Å²) in [5.41, 5.74) is 6.56. The molecule has 0 aliphatic heterocycles. The number of hydrogen-bond acceptors (Lipinski definition) is 4. The predicted octanol–water partition coefficient (Wildman–Crippen LogP) is 2.71. The second kappa shape index (κ2) is 5.80. The number of nitrogens with zero attached hydrogens (tertiary/aromatic N) is 1. The molecule has 0 bridgehead atoms. The third-order valence-electron chi connectivity index (χ3n) is 2.52. The molecule has 1 aromatic carbocycles. The van der Waals surface area contributed by atoms with E-state index in [0.29, 0.717) is 0 Å². The molecule has 0 aliphatic rings. The van der Waals surface area contributed by atoms with Crippen molar-refractivity contribution < 1.29 is 4.74 Å². The van der Waals surface area contributed by atoms with Crippen LogP contribution in [0.2, 0.25) is 0 Å². The van der Waals surface area contributed by atoms with E-state index < -0.39 is 0 Å². The van der Waals surface area contributed by atoms with Crippen LogP contribution in [0.25, 0.3) is 10.6 Å². The van der Waals surface area contributed by atoms with E-state index in [-0.39, 0.29) is 0 Å². The Hall–Kier alpha value is -1.39. The van der Waals surface area contributed by atoms with Gasteiger partial charge >= 0.3 is 0 Å². The van der Waals surface area contributed by atoms with Gasteiger partial charge in [-0.1, -0.05) is 12.1 Å². The highest BCUT2D eigenvalue weighted by molar-refractivity contribution is 7.15. The third-order valence-corrected chi connectivity index (χ3v) is 3.61. The van der Waals surface area contributed by atoms with Crippen LogP contribution >= 0.6 is 11.3 Å². The van der Waals surface area contributed by atoms with E-state index in [4.69, 9.17) is 10.5 Å². The van der Waals surface area contributed by atoms with Gasteiger partial charge < -0.3 is 10.5 Å². The van der Waals surface area contributed by atoms with Crippen molar-refractivity contribution in [2.75, 3.05) is 13.7 Å². The lowest BCUT2D eigenvalue weighted by Crippen LogP contribution is -1.99. The molecule has 2 aromatic rings. The number of thiazole rings is 1. The second-order valence-corrected chi connectivity index (χ2v) is 4.84. The molecule has 17 heavy (non-hydrogen) atoms. The van der Waals surface area contributed by atoms with Gasteiger partial charge in [0.2, 0.25) is 0 Å². The van der Waals surface area contributed by atoms with Crippen LogP contribution in [0.5, 0.6) is 5.75 Å². The van der Waals surface area contributed by atoms with Crippen LogP contribution in [0.3, 0.4) is 0 Å². The quantitative estimate of drug-likeness (QED) is 0.885. The molecule has 0 atom stereocenters. The van der Waals surface area contributed by atoms with E-state index >= 15 is 0 Å². The highest BCUT2D eigenvalue weighted by Crippen LogP contribution is 2.32. The highest BCUT2D eigenvalue weighted by atomic mass is 32.1. The summed E-state index contributed by atoms with van der Waals surface area (Å²) in [7, 11) is 1.68. The summed E-state index contributed by atoms with van der Waals surface area (Å²) < 4.78 is 5.34. The molecule has 0 fully saturated rings. The Labute approximate surface area is 105 Å². The van der Waals surface area contributed by atoms with Crippen molar-refractivity contribution in [3.8, 4) is 16.3 Å². The van der Waals surface area contributed by atoms with Crippen LogP contribution in [0.4, 0.5) is 0 Å². The first-order valence-electron chi connectivity index (χ1n) is 5.63. The molecule has 1 aromatic heterocycles. The summed E-state index contributed by atoms with van der Waals surface area (Å²) in [5, 5.41) is 1.01. The lowest BCUT2D eigenvalue weighted by Gasteiger charge is -2.04. The van der Waals surface area contributed by atoms with Crippen molar-refractivity contribution in [1.82, 2.24) is 4.98 Å². The molecule has 3 nitrogen and oxygen atoms in total. The van der Waals surface area contributed by atoms with E-state index in [1.54, 1.807) is 18.4 Å². The molecule has 2 N–H and O–H groups in total. The zero-order valence-electron chi connectivity index (χ0n) is 9.85. The number of aryl methyl sites for hydroxylation is 1. The Morgan fingerprint density at radius 1 is 1.35 bits per heavy atom. The van der Waals surface area contributed by atoms with Crippen LogP contribution < -0.4 is 10.5 Å². The zero-order valence-corrected chi connectivity index (χ0v) is 10.7. The fourth-order valence-corrected chi connectivity index (χ4v) is 2.63. The van der Waals surface area contributed by atoms with Crippen molar-refractivity contribution in [3.05, 3.63) is 35.3 Å². The molecule has 4 heteroatoms. The highest BCUT2D eigenvalue weighted by Gasteiger charge is 2.09. The first kappa shape index (κ1) is 12.1. The standard InChI is InChI=1S/C13H16N2OS/c1-16-12-7-3-2-6-11(12)13-15-9-10(17-13)5-4-8-14/h2-3,6-7,9H,4-5,8,14H2,1H3. The lowest BCUT2D eigenvalue weighted by atomic mass is 10.2. The number of ether oxygens (including phenoxy) is 1. The Bertz CT molecular complexity index is 482. The first-order valence-corrected chi connectivity index (χ1v) is 6.45. The van der Waals surface area contributed by atoms with Crippen molar-refractivity contribution in [2.24, 2.45) is 5.73 Å². The third kappa shape index (κ3) is 2.84. The zero-order chi connectivity index (χ0) is 12.1. The number of nitrogens with two attached hydrogens (primary N) is 1. The summed E-state index contributed by atoms with van der Waals surface area (Å²) in [6.45, 7) is 0.724. The minimum absolute atomic E-state index is 0.724. The number of methoxy groups -OCH3 is 1. The van der Waals surface area contributed by atoms with Crippen molar-refractivity contribution in [3.63, 3.8) is 0 Å². The topological polar surface area (TPSA) is 48.1 Å². The Morgan fingerprint density at radius 3 is 2.94 bits per heavy atom. The molecule has 90 valence electrons. The smallest absolute Gasteiger partial charge is 0.129 e. The largest absolute Gasteiger partial charge is 0.496 e. The molecule has 0 saturated carbocycles. The fraction of sp³-hybridized carbons (Fsp3) is 0.308. The van der Waals surface area contributed by atoms with E-state index in [9.17, 15) is 0 Å². The summed E-state index contributed by atoms with van der Waals surface area (Å²) >= 11 is 1.71. The maximum absolute atomic E-state index is 5.50. The van der Waals surface area contributed by atoms with Gasteiger partial charge in [-0.3, -0.25) is 0 Å². The van der Waals surface area contributed by atoms with Gasteiger partial charge in [-0.15, -0.1) is 11.3 Å². The average Bonchev–Trinajstić information content (AvgIpc) is 2.85. The van der Waals surface area contributed by atoms with E-state index in [0.717, 1.165) is 35.7 Å². The average molecular weight is 248 g/mol. The van der Waals surface area contributed by atoms with Gasteiger partial charge in [-0.25, -0.2) is 4.98 Å². The van der Waals surface area contributed by atoms with Crippen LogP contribution in [0.1, 0.15) is 11.3 Å². The van der Waals surface area contributed by atoms with E-state index in [2.05, 4.69) is 4.98 Å². The summed E-state index contributed by atoms with van der Waals surface area (Å²) in [6, 6.07) is 7.95. The molecular formula is C13H16N2OS. The normalized spacial score (nSPS) is 10.5. The van der Waals surface area contributed by atoms with Gasteiger partial charge in [0.25, 0.3) is 0 Å². The minimum atomic E-state index is 0.724. The summed E-state index contributed by atoms with van der Waals surface area (Å²) in [4.78, 5) is 5.72. The molecular weight excluding hydrogens is 232 g/mol. The van der Waals surface area contributed by atoms with Gasteiger partial charge in [0.1, 0.15) is 10.8 Å². The number of aromatic nitrogens is 1. The molecule has 0 unspecified atom stereocenters. The van der Waals surface area contributed by atoms with Crippen molar-refractivity contribution in [2.45, 2.75) is 12.8 Å². The van der Waals surface area contributed by atoms with Crippen LogP contribution in [0.15, 0.2) is 30.5 Å². The van der Waals surface area contributed by atoms with Crippen molar-refractivity contribution >= 4 is 11.3 Å². The Kier molecular flexibility index (Phi) is 4.12. The predicted molar refractivity (Wildman–Crippen MR) is 71.5 cm³/mol. The molecule has 0 saturated heterocycles. The minimum Gasteiger partial charge on any atom is -0.496 e. The lowest BCUT2D eigenvalue weighted by molar-refractivity contribution is 0.416. The number of benzene rings is 1. The van der Waals surface area contributed by atoms with Crippen LogP contribution in [-0.4, -0.2) is 18.6 Å². The molecule has 1 heterocycles. The monoisotopic (exact) mass is 248 g/mol. The Balaban J connectivity index is 2.24. The van der Waals surface area contributed by atoms with Gasteiger partial charge in [0.05, 0.1) is 12.7 Å². The maximum Gasteiger partial charge on any atom is 0.129 e. The van der Waals surface area contributed by atoms with E-state index in [1.165, 1.54) is 4.88 Å². The van der Waals surface area contributed by atoms with Crippen LogP contribution in [0, 0.1) is 0 Å². The fourth-order valence-electron chi connectivity index (χ4n) is 1.65. The number of para-hydroxylation sites is 1. The first-order chi connectivity index (χ1) is 8.35.